The van der Waals surface area contributed by atoms with Crippen molar-refractivity contribution >= 4 is 0 Å². The average Bonchev–Trinajstić information content (AvgIpc) is 2.96. The molecule has 1 N–H and O–H groups in total. The van der Waals surface area contributed by atoms with Gasteiger partial charge in [0.05, 0.1) is 14.2 Å². The molecule has 2 rings (SSSR count). The fourth-order valence-electron chi connectivity index (χ4n) is 2.41. The Morgan fingerprint density at radius 2 is 1.84 bits per heavy atom. The molecule has 1 aliphatic rings. The summed E-state index contributed by atoms with van der Waals surface area (Å²) in [5, 5.41) is 3.48. The molecule has 0 saturated heterocycles. The molecule has 3 nitrogen and oxygen atoms in total. The van der Waals surface area contributed by atoms with Crippen LogP contribution in [0.1, 0.15) is 31.2 Å². The number of nitrogens with one attached hydrogen (secondary N) is 1. The average molecular weight is 261 g/mol. The Bertz CT molecular complexity index is 418. The van der Waals surface area contributed by atoms with Crippen LogP contribution in [0.4, 0.5) is 0 Å². The van der Waals surface area contributed by atoms with Crippen LogP contribution in [0, 0.1) is 0 Å². The number of allylic oxidation sites excluding steroid dienone is 1. The van der Waals surface area contributed by atoms with Gasteiger partial charge in [0.2, 0.25) is 0 Å². The van der Waals surface area contributed by atoms with E-state index >= 15 is 0 Å². The minimum atomic E-state index is 0.842. The van der Waals surface area contributed by atoms with Crippen LogP contribution in [-0.2, 0) is 6.54 Å². The third-order valence-electron chi connectivity index (χ3n) is 3.50. The molecule has 0 saturated carbocycles. The van der Waals surface area contributed by atoms with Crippen LogP contribution >= 0.6 is 0 Å². The van der Waals surface area contributed by atoms with Gasteiger partial charge in [-0.15, -0.1) is 0 Å². The summed E-state index contributed by atoms with van der Waals surface area (Å²) in [5.41, 5.74) is 2.80. The topological polar surface area (TPSA) is 30.5 Å². The highest BCUT2D eigenvalue weighted by molar-refractivity contribution is 5.38. The van der Waals surface area contributed by atoms with E-state index in [4.69, 9.17) is 9.47 Å². The highest BCUT2D eigenvalue weighted by Gasteiger charge is 2.04. The van der Waals surface area contributed by atoms with E-state index in [1.54, 1.807) is 19.8 Å². The Morgan fingerprint density at radius 1 is 1.11 bits per heavy atom. The summed E-state index contributed by atoms with van der Waals surface area (Å²) in [7, 11) is 3.36. The van der Waals surface area contributed by atoms with Gasteiger partial charge in [0.1, 0.15) is 11.5 Å². The van der Waals surface area contributed by atoms with Crippen LogP contribution in [0.15, 0.2) is 29.8 Å². The lowest BCUT2D eigenvalue weighted by molar-refractivity contribution is 0.393. The zero-order chi connectivity index (χ0) is 13.5. The summed E-state index contributed by atoms with van der Waals surface area (Å²) in [6.45, 7) is 1.88. The fourth-order valence-corrected chi connectivity index (χ4v) is 2.41. The summed E-state index contributed by atoms with van der Waals surface area (Å²) < 4.78 is 10.5. The van der Waals surface area contributed by atoms with Gasteiger partial charge in [-0.3, -0.25) is 0 Å². The summed E-state index contributed by atoms with van der Waals surface area (Å²) in [4.78, 5) is 0. The van der Waals surface area contributed by atoms with Crippen molar-refractivity contribution in [3.05, 3.63) is 35.4 Å². The van der Waals surface area contributed by atoms with Crippen molar-refractivity contribution in [3.63, 3.8) is 0 Å². The molecule has 3 heteroatoms. The lowest BCUT2D eigenvalue weighted by Crippen LogP contribution is -2.15. The molecular weight excluding hydrogens is 238 g/mol. The van der Waals surface area contributed by atoms with E-state index in [1.807, 2.05) is 18.2 Å². The SMILES string of the molecule is COc1cc(CNCCC2=CCCC2)cc(OC)c1. The monoisotopic (exact) mass is 261 g/mol. The molecule has 0 unspecified atom stereocenters. The van der Waals surface area contributed by atoms with E-state index in [1.165, 1.54) is 31.2 Å². The molecule has 0 bridgehead atoms. The molecule has 0 spiro atoms. The van der Waals surface area contributed by atoms with Gasteiger partial charge in [-0.1, -0.05) is 11.6 Å². The summed E-state index contributed by atoms with van der Waals surface area (Å²) in [6, 6.07) is 5.99. The molecule has 0 amide bonds. The smallest absolute Gasteiger partial charge is 0.122 e. The van der Waals surface area contributed by atoms with Gasteiger partial charge in [0, 0.05) is 12.6 Å². The van der Waals surface area contributed by atoms with E-state index in [-0.39, 0.29) is 0 Å². The van der Waals surface area contributed by atoms with Crippen molar-refractivity contribution in [3.8, 4) is 11.5 Å². The van der Waals surface area contributed by atoms with Crippen molar-refractivity contribution in [1.82, 2.24) is 5.32 Å². The van der Waals surface area contributed by atoms with E-state index in [0.717, 1.165) is 24.6 Å². The summed E-state index contributed by atoms with van der Waals surface area (Å²) >= 11 is 0. The largest absolute Gasteiger partial charge is 0.497 e. The molecule has 1 aromatic carbocycles. The van der Waals surface area contributed by atoms with Crippen molar-refractivity contribution in [2.45, 2.75) is 32.2 Å². The second-order valence-corrected chi connectivity index (χ2v) is 4.90. The minimum absolute atomic E-state index is 0.842. The molecule has 0 aliphatic heterocycles. The molecule has 1 aliphatic carbocycles. The van der Waals surface area contributed by atoms with Gasteiger partial charge in [0.15, 0.2) is 0 Å². The number of methoxy groups -OCH3 is 2. The standard InChI is InChI=1S/C16H23NO2/c1-18-15-9-14(10-16(11-15)19-2)12-17-8-7-13-5-3-4-6-13/h5,9-11,17H,3-4,6-8,12H2,1-2H3. The number of ether oxygens (including phenoxy) is 2. The van der Waals surface area contributed by atoms with Gasteiger partial charge >= 0.3 is 0 Å². The fraction of sp³-hybridized carbons (Fsp3) is 0.500. The Labute approximate surface area is 115 Å². The Morgan fingerprint density at radius 3 is 2.42 bits per heavy atom. The lowest BCUT2D eigenvalue weighted by Gasteiger charge is -2.09. The lowest BCUT2D eigenvalue weighted by atomic mass is 10.1. The minimum Gasteiger partial charge on any atom is -0.497 e. The summed E-state index contributed by atoms with van der Waals surface area (Å²) in [6.07, 6.45) is 7.44. The Kier molecular flexibility index (Phi) is 5.28. The Balaban J connectivity index is 1.81. The maximum atomic E-state index is 5.27. The summed E-state index contributed by atoms with van der Waals surface area (Å²) in [5.74, 6) is 1.68. The first kappa shape index (κ1) is 13.9. The second-order valence-electron chi connectivity index (χ2n) is 4.90. The maximum Gasteiger partial charge on any atom is 0.122 e. The highest BCUT2D eigenvalue weighted by atomic mass is 16.5. The third-order valence-corrected chi connectivity index (χ3v) is 3.50. The number of benzene rings is 1. The zero-order valence-electron chi connectivity index (χ0n) is 11.9. The van der Waals surface area contributed by atoms with Crippen LogP contribution in [0.25, 0.3) is 0 Å². The zero-order valence-corrected chi connectivity index (χ0v) is 11.9. The Hall–Kier alpha value is -1.48. The number of hydrogen-bond acceptors (Lipinski definition) is 3. The van der Waals surface area contributed by atoms with Gasteiger partial charge in [0.25, 0.3) is 0 Å². The van der Waals surface area contributed by atoms with Crippen LogP contribution < -0.4 is 14.8 Å². The molecule has 0 aromatic heterocycles. The first-order valence-corrected chi connectivity index (χ1v) is 6.92. The van der Waals surface area contributed by atoms with Crippen LogP contribution in [0.2, 0.25) is 0 Å². The first-order chi connectivity index (χ1) is 9.31. The molecule has 104 valence electrons. The van der Waals surface area contributed by atoms with Gasteiger partial charge in [-0.25, -0.2) is 0 Å². The highest BCUT2D eigenvalue weighted by Crippen LogP contribution is 2.22. The molecule has 1 aromatic rings. The predicted molar refractivity (Wildman–Crippen MR) is 77.8 cm³/mol. The van der Waals surface area contributed by atoms with Gasteiger partial charge < -0.3 is 14.8 Å². The quantitative estimate of drug-likeness (QED) is 0.603. The maximum absolute atomic E-state index is 5.27. The second kappa shape index (κ2) is 7.19. The number of rotatable bonds is 7. The third kappa shape index (κ3) is 4.28. The van der Waals surface area contributed by atoms with Crippen molar-refractivity contribution in [2.75, 3.05) is 20.8 Å². The molecular formula is C16H23NO2. The molecule has 0 radical (unpaired) electrons. The normalized spacial score (nSPS) is 14.3. The predicted octanol–water partition coefficient (Wildman–Crippen LogP) is 3.29. The van der Waals surface area contributed by atoms with Crippen LogP contribution in [0.3, 0.4) is 0 Å². The van der Waals surface area contributed by atoms with E-state index < -0.39 is 0 Å². The molecule has 0 atom stereocenters. The van der Waals surface area contributed by atoms with Crippen LogP contribution in [-0.4, -0.2) is 20.8 Å². The molecule has 0 heterocycles. The molecule has 19 heavy (non-hydrogen) atoms. The van der Waals surface area contributed by atoms with Gasteiger partial charge in [-0.05, 0) is 49.9 Å². The van der Waals surface area contributed by atoms with Gasteiger partial charge in [-0.2, -0.15) is 0 Å². The van der Waals surface area contributed by atoms with Crippen molar-refractivity contribution < 1.29 is 9.47 Å². The first-order valence-electron chi connectivity index (χ1n) is 6.92. The van der Waals surface area contributed by atoms with Crippen molar-refractivity contribution in [1.29, 1.82) is 0 Å². The molecule has 0 fully saturated rings. The van der Waals surface area contributed by atoms with Crippen molar-refractivity contribution in [2.24, 2.45) is 0 Å². The van der Waals surface area contributed by atoms with E-state index in [9.17, 15) is 0 Å². The number of hydrogen-bond donors (Lipinski definition) is 1. The van der Waals surface area contributed by atoms with Crippen LogP contribution in [0.5, 0.6) is 11.5 Å². The van der Waals surface area contributed by atoms with E-state index in [2.05, 4.69) is 11.4 Å². The van der Waals surface area contributed by atoms with E-state index in [0.29, 0.717) is 0 Å².